The number of nitrogens with one attached hydrogen (secondary N) is 3. The standard InChI is InChI=1S/C23H22ClN5O/c24-16-9-7-15(8-10-16)21-12-22(28-27-21)29-11-3-4-17(14-29)26-23(30)19-13-25-20-6-2-1-5-18(19)20/h1-2,5-10,12-13,17,25H,3-4,11,14H2,(H,26,30)(H,27,28). The van der Waals surface area contributed by atoms with E-state index < -0.39 is 0 Å². The minimum atomic E-state index is -0.0387. The minimum absolute atomic E-state index is 0.0387. The molecule has 0 saturated carbocycles. The molecule has 4 aromatic rings. The van der Waals surface area contributed by atoms with Gasteiger partial charge in [-0.05, 0) is 36.6 Å². The van der Waals surface area contributed by atoms with Gasteiger partial charge in [0.05, 0.1) is 11.3 Å². The number of aromatic amines is 2. The quantitative estimate of drug-likeness (QED) is 0.452. The summed E-state index contributed by atoms with van der Waals surface area (Å²) >= 11 is 5.98. The molecule has 1 atom stereocenters. The zero-order valence-corrected chi connectivity index (χ0v) is 17.1. The van der Waals surface area contributed by atoms with Crippen LogP contribution < -0.4 is 10.2 Å². The fourth-order valence-electron chi connectivity index (χ4n) is 4.08. The predicted molar refractivity (Wildman–Crippen MR) is 120 cm³/mol. The number of hydrogen-bond donors (Lipinski definition) is 3. The summed E-state index contributed by atoms with van der Waals surface area (Å²) < 4.78 is 0. The van der Waals surface area contributed by atoms with Crippen molar-refractivity contribution < 1.29 is 4.79 Å². The molecule has 6 nitrogen and oxygen atoms in total. The predicted octanol–water partition coefficient (Wildman–Crippen LogP) is 4.61. The van der Waals surface area contributed by atoms with E-state index in [1.54, 1.807) is 6.20 Å². The first-order valence-electron chi connectivity index (χ1n) is 10.1. The van der Waals surface area contributed by atoms with Gasteiger partial charge < -0.3 is 15.2 Å². The summed E-state index contributed by atoms with van der Waals surface area (Å²) in [6.45, 7) is 1.66. The molecular formula is C23H22ClN5O. The van der Waals surface area contributed by atoms with Crippen LogP contribution in [0, 0.1) is 0 Å². The lowest BCUT2D eigenvalue weighted by Gasteiger charge is -2.33. The highest BCUT2D eigenvalue weighted by Crippen LogP contribution is 2.25. The summed E-state index contributed by atoms with van der Waals surface area (Å²) in [5, 5.41) is 12.5. The van der Waals surface area contributed by atoms with Gasteiger partial charge in [0.25, 0.3) is 5.91 Å². The Bertz CT molecular complexity index is 1180. The SMILES string of the molecule is O=C(NC1CCCN(c2cc(-c3ccc(Cl)cc3)[nH]n2)C1)c1c[nH]c2ccccc12. The fraction of sp³-hybridized carbons (Fsp3) is 0.217. The number of H-pyrrole nitrogens is 2. The van der Waals surface area contributed by atoms with Gasteiger partial charge in [-0.15, -0.1) is 0 Å². The highest BCUT2D eigenvalue weighted by Gasteiger charge is 2.24. The number of aromatic nitrogens is 3. The number of fused-ring (bicyclic) bond motifs is 1. The Hall–Kier alpha value is -3.25. The number of amides is 1. The summed E-state index contributed by atoms with van der Waals surface area (Å²) in [4.78, 5) is 18.3. The maximum Gasteiger partial charge on any atom is 0.253 e. The van der Waals surface area contributed by atoms with Crippen molar-refractivity contribution in [2.24, 2.45) is 0 Å². The van der Waals surface area contributed by atoms with Crippen LogP contribution in [0.1, 0.15) is 23.2 Å². The second-order valence-electron chi connectivity index (χ2n) is 7.65. The molecule has 1 aliphatic rings. The van der Waals surface area contributed by atoms with E-state index in [-0.39, 0.29) is 11.9 Å². The molecule has 2 aromatic heterocycles. The van der Waals surface area contributed by atoms with Crippen LogP contribution in [0.3, 0.4) is 0 Å². The molecule has 1 amide bonds. The largest absolute Gasteiger partial charge is 0.360 e. The maximum atomic E-state index is 12.9. The van der Waals surface area contributed by atoms with E-state index in [1.165, 1.54) is 0 Å². The van der Waals surface area contributed by atoms with Crippen LogP contribution >= 0.6 is 11.6 Å². The molecule has 30 heavy (non-hydrogen) atoms. The maximum absolute atomic E-state index is 12.9. The number of halogens is 1. The van der Waals surface area contributed by atoms with E-state index in [2.05, 4.69) is 25.4 Å². The van der Waals surface area contributed by atoms with Gasteiger partial charge >= 0.3 is 0 Å². The van der Waals surface area contributed by atoms with Crippen LogP contribution in [0.25, 0.3) is 22.2 Å². The molecule has 0 aliphatic carbocycles. The van der Waals surface area contributed by atoms with Crippen LogP contribution in [0.15, 0.2) is 60.8 Å². The zero-order chi connectivity index (χ0) is 20.5. The van der Waals surface area contributed by atoms with Crippen molar-refractivity contribution in [1.29, 1.82) is 0 Å². The average molecular weight is 420 g/mol. The van der Waals surface area contributed by atoms with Crippen LogP contribution in [-0.4, -0.2) is 40.2 Å². The van der Waals surface area contributed by atoms with Crippen molar-refractivity contribution >= 4 is 34.2 Å². The Labute approximate surface area is 179 Å². The number of carbonyl (C=O) groups is 1. The first kappa shape index (κ1) is 18.8. The average Bonchev–Trinajstić information content (AvgIpc) is 3.42. The van der Waals surface area contributed by atoms with E-state index in [1.807, 2.05) is 54.6 Å². The third-order valence-corrected chi connectivity index (χ3v) is 5.89. The summed E-state index contributed by atoms with van der Waals surface area (Å²) in [6, 6.07) is 17.7. The molecule has 1 unspecified atom stereocenters. The molecule has 1 saturated heterocycles. The number of carbonyl (C=O) groups excluding carboxylic acids is 1. The Morgan fingerprint density at radius 1 is 1.17 bits per heavy atom. The number of benzene rings is 2. The third kappa shape index (κ3) is 3.66. The van der Waals surface area contributed by atoms with Gasteiger partial charge in [0.1, 0.15) is 0 Å². The lowest BCUT2D eigenvalue weighted by molar-refractivity contribution is 0.0935. The summed E-state index contributed by atoms with van der Waals surface area (Å²) in [7, 11) is 0. The Kier molecular flexibility index (Phi) is 4.93. The van der Waals surface area contributed by atoms with Crippen LogP contribution in [-0.2, 0) is 0 Å². The molecule has 1 aliphatic heterocycles. The molecule has 3 heterocycles. The van der Waals surface area contributed by atoms with Gasteiger partial charge in [0, 0.05) is 47.3 Å². The molecule has 5 rings (SSSR count). The van der Waals surface area contributed by atoms with Gasteiger partial charge in [-0.1, -0.05) is 41.9 Å². The monoisotopic (exact) mass is 419 g/mol. The summed E-state index contributed by atoms with van der Waals surface area (Å²) in [6.07, 6.45) is 3.74. The van der Waals surface area contributed by atoms with Crippen molar-refractivity contribution in [3.63, 3.8) is 0 Å². The summed E-state index contributed by atoms with van der Waals surface area (Å²) in [5.74, 6) is 0.856. The third-order valence-electron chi connectivity index (χ3n) is 5.63. The summed E-state index contributed by atoms with van der Waals surface area (Å²) in [5.41, 5.74) is 3.65. The molecular weight excluding hydrogens is 398 g/mol. The number of rotatable bonds is 4. The Morgan fingerprint density at radius 3 is 2.87 bits per heavy atom. The van der Waals surface area contributed by atoms with Crippen molar-refractivity contribution in [2.75, 3.05) is 18.0 Å². The molecule has 1 fully saturated rings. The first-order chi connectivity index (χ1) is 14.7. The second kappa shape index (κ2) is 7.88. The van der Waals surface area contributed by atoms with Crippen LogP contribution in [0.4, 0.5) is 5.82 Å². The van der Waals surface area contributed by atoms with Gasteiger partial charge in [0.15, 0.2) is 5.82 Å². The van der Waals surface area contributed by atoms with Crippen LogP contribution in [0.5, 0.6) is 0 Å². The van der Waals surface area contributed by atoms with Gasteiger partial charge in [-0.3, -0.25) is 9.89 Å². The number of hydrogen-bond acceptors (Lipinski definition) is 3. The topological polar surface area (TPSA) is 76.8 Å². The van der Waals surface area contributed by atoms with E-state index in [9.17, 15) is 4.79 Å². The van der Waals surface area contributed by atoms with Crippen molar-refractivity contribution in [3.8, 4) is 11.3 Å². The second-order valence-corrected chi connectivity index (χ2v) is 8.09. The first-order valence-corrected chi connectivity index (χ1v) is 10.5. The highest BCUT2D eigenvalue weighted by molar-refractivity contribution is 6.30. The Balaban J connectivity index is 1.28. The van der Waals surface area contributed by atoms with Gasteiger partial charge in [0.2, 0.25) is 0 Å². The smallest absolute Gasteiger partial charge is 0.253 e. The van der Waals surface area contributed by atoms with Crippen molar-refractivity contribution in [1.82, 2.24) is 20.5 Å². The molecule has 7 heteroatoms. The van der Waals surface area contributed by atoms with Crippen molar-refractivity contribution in [3.05, 3.63) is 71.4 Å². The number of anilines is 1. The zero-order valence-electron chi connectivity index (χ0n) is 16.4. The molecule has 0 radical (unpaired) electrons. The van der Waals surface area contributed by atoms with E-state index in [0.717, 1.165) is 53.9 Å². The van der Waals surface area contributed by atoms with Crippen LogP contribution in [0.2, 0.25) is 5.02 Å². The van der Waals surface area contributed by atoms with Gasteiger partial charge in [-0.2, -0.15) is 5.10 Å². The lowest BCUT2D eigenvalue weighted by Crippen LogP contribution is -2.48. The van der Waals surface area contributed by atoms with Gasteiger partial charge in [-0.25, -0.2) is 0 Å². The molecule has 0 bridgehead atoms. The molecule has 3 N–H and O–H groups in total. The van der Waals surface area contributed by atoms with E-state index in [0.29, 0.717) is 10.6 Å². The number of nitrogens with zero attached hydrogens (tertiary/aromatic N) is 2. The molecule has 0 spiro atoms. The lowest BCUT2D eigenvalue weighted by atomic mass is 10.0. The van der Waals surface area contributed by atoms with Crippen molar-refractivity contribution in [2.45, 2.75) is 18.9 Å². The fourth-order valence-corrected chi connectivity index (χ4v) is 4.20. The highest BCUT2D eigenvalue weighted by atomic mass is 35.5. The molecule has 2 aromatic carbocycles. The minimum Gasteiger partial charge on any atom is -0.360 e. The van der Waals surface area contributed by atoms with E-state index in [4.69, 9.17) is 11.6 Å². The number of para-hydroxylation sites is 1. The Morgan fingerprint density at radius 2 is 2.00 bits per heavy atom. The molecule has 152 valence electrons. The normalized spacial score (nSPS) is 16.7. The van der Waals surface area contributed by atoms with E-state index >= 15 is 0 Å². The number of piperidine rings is 1.